The Hall–Kier alpha value is -0.560. The van der Waals surface area contributed by atoms with Gasteiger partial charge in [0.1, 0.15) is 0 Å². The third-order valence-electron chi connectivity index (χ3n) is 2.51. The first kappa shape index (κ1) is 9.53. The van der Waals surface area contributed by atoms with E-state index < -0.39 is 0 Å². The molecule has 0 aromatic rings. The minimum atomic E-state index is -0.141. The largest absolute Gasteiger partial charge is 0.316 e. The highest BCUT2D eigenvalue weighted by Crippen LogP contribution is 2.07. The van der Waals surface area contributed by atoms with E-state index >= 15 is 0 Å². The molecule has 2 unspecified atom stereocenters. The van der Waals surface area contributed by atoms with Crippen LogP contribution in [0.3, 0.4) is 0 Å². The minimum absolute atomic E-state index is 0.141. The summed E-state index contributed by atoms with van der Waals surface area (Å²) in [6, 6.07) is 0.173. The van der Waals surface area contributed by atoms with Gasteiger partial charge in [-0.1, -0.05) is 5.92 Å². The summed E-state index contributed by atoms with van der Waals surface area (Å²) in [4.78, 5) is 4.51. The third kappa shape index (κ3) is 1.98. The lowest BCUT2D eigenvalue weighted by Gasteiger charge is -2.39. The first-order valence-electron chi connectivity index (χ1n) is 4.25. The van der Waals surface area contributed by atoms with Crippen molar-refractivity contribution in [2.24, 2.45) is 5.73 Å². The summed E-state index contributed by atoms with van der Waals surface area (Å²) < 4.78 is 0. The fraction of sp³-hybridized carbons (Fsp3) is 0.778. The van der Waals surface area contributed by atoms with Gasteiger partial charge in [0, 0.05) is 25.7 Å². The van der Waals surface area contributed by atoms with Crippen LogP contribution >= 0.6 is 0 Å². The number of rotatable bonds is 1. The van der Waals surface area contributed by atoms with E-state index in [4.69, 9.17) is 12.2 Å². The van der Waals surface area contributed by atoms with E-state index in [0.29, 0.717) is 6.04 Å². The predicted molar refractivity (Wildman–Crippen MR) is 50.7 cm³/mol. The molecule has 1 heterocycles. The Morgan fingerprint density at radius 3 is 2.75 bits per heavy atom. The van der Waals surface area contributed by atoms with Gasteiger partial charge in [-0.3, -0.25) is 4.90 Å². The van der Waals surface area contributed by atoms with Crippen LogP contribution in [-0.4, -0.2) is 55.6 Å². The molecule has 12 heavy (non-hydrogen) atoms. The van der Waals surface area contributed by atoms with Crippen molar-refractivity contribution in [3.8, 4) is 12.3 Å². The molecule has 2 atom stereocenters. The van der Waals surface area contributed by atoms with Crippen LogP contribution in [0.1, 0.15) is 0 Å². The van der Waals surface area contributed by atoms with E-state index in [1.807, 2.05) is 0 Å². The van der Waals surface area contributed by atoms with Crippen LogP contribution in [0, 0.1) is 12.3 Å². The second-order valence-electron chi connectivity index (χ2n) is 3.50. The molecule has 1 aliphatic heterocycles. The SMILES string of the molecule is C#CC(N)C1CN(C)CCN1C. The molecule has 0 aromatic heterocycles. The summed E-state index contributed by atoms with van der Waals surface area (Å²) in [6.45, 7) is 3.13. The van der Waals surface area contributed by atoms with E-state index in [-0.39, 0.29) is 6.04 Å². The molecular weight excluding hydrogens is 150 g/mol. The van der Waals surface area contributed by atoms with Gasteiger partial charge in [0.05, 0.1) is 6.04 Å². The van der Waals surface area contributed by atoms with Gasteiger partial charge >= 0.3 is 0 Å². The van der Waals surface area contributed by atoms with E-state index in [1.165, 1.54) is 0 Å². The second-order valence-corrected chi connectivity index (χ2v) is 3.50. The van der Waals surface area contributed by atoms with Crippen molar-refractivity contribution in [3.05, 3.63) is 0 Å². The number of nitrogens with two attached hydrogens (primary N) is 1. The molecule has 3 nitrogen and oxygen atoms in total. The number of hydrogen-bond donors (Lipinski definition) is 1. The lowest BCUT2D eigenvalue weighted by atomic mass is 10.1. The number of terminal acetylenes is 1. The molecule has 0 spiro atoms. The molecule has 1 saturated heterocycles. The average molecular weight is 167 g/mol. The number of nitrogens with zero attached hydrogens (tertiary/aromatic N) is 2. The van der Waals surface area contributed by atoms with Gasteiger partial charge in [-0.05, 0) is 14.1 Å². The smallest absolute Gasteiger partial charge is 0.0832 e. The maximum Gasteiger partial charge on any atom is 0.0832 e. The highest BCUT2D eigenvalue weighted by molar-refractivity contribution is 5.05. The molecule has 0 amide bonds. The molecule has 68 valence electrons. The van der Waals surface area contributed by atoms with Gasteiger partial charge in [-0.2, -0.15) is 0 Å². The zero-order valence-electron chi connectivity index (χ0n) is 7.83. The van der Waals surface area contributed by atoms with Gasteiger partial charge in [0.25, 0.3) is 0 Å². The van der Waals surface area contributed by atoms with Crippen molar-refractivity contribution < 1.29 is 0 Å². The highest BCUT2D eigenvalue weighted by Gasteiger charge is 2.26. The van der Waals surface area contributed by atoms with Crippen LogP contribution in [0.25, 0.3) is 0 Å². The van der Waals surface area contributed by atoms with E-state index in [2.05, 4.69) is 29.8 Å². The fourth-order valence-corrected chi connectivity index (χ4v) is 1.54. The van der Waals surface area contributed by atoms with Crippen LogP contribution in [0.15, 0.2) is 0 Å². The molecule has 1 fully saturated rings. The molecule has 0 saturated carbocycles. The Labute approximate surface area is 74.5 Å². The molecule has 0 aromatic carbocycles. The van der Waals surface area contributed by atoms with Crippen molar-refractivity contribution in [2.45, 2.75) is 12.1 Å². The van der Waals surface area contributed by atoms with E-state index in [1.54, 1.807) is 0 Å². The van der Waals surface area contributed by atoms with Crippen LogP contribution < -0.4 is 5.73 Å². The van der Waals surface area contributed by atoms with Crippen LogP contribution in [-0.2, 0) is 0 Å². The first-order valence-corrected chi connectivity index (χ1v) is 4.25. The Kier molecular flexibility index (Phi) is 3.10. The highest BCUT2D eigenvalue weighted by atomic mass is 15.3. The van der Waals surface area contributed by atoms with Crippen molar-refractivity contribution in [1.82, 2.24) is 9.80 Å². The van der Waals surface area contributed by atoms with Gasteiger partial charge in [0.15, 0.2) is 0 Å². The zero-order valence-corrected chi connectivity index (χ0v) is 7.83. The number of piperazine rings is 1. The third-order valence-corrected chi connectivity index (χ3v) is 2.51. The Morgan fingerprint density at radius 2 is 2.17 bits per heavy atom. The maximum atomic E-state index is 5.80. The fourth-order valence-electron chi connectivity index (χ4n) is 1.54. The van der Waals surface area contributed by atoms with Crippen molar-refractivity contribution in [2.75, 3.05) is 33.7 Å². The zero-order chi connectivity index (χ0) is 9.14. The molecule has 0 aliphatic carbocycles. The molecular formula is C9H17N3. The summed E-state index contributed by atoms with van der Waals surface area (Å²) in [6.07, 6.45) is 5.29. The Balaban J connectivity index is 2.55. The lowest BCUT2D eigenvalue weighted by Crippen LogP contribution is -2.57. The number of hydrogen-bond acceptors (Lipinski definition) is 3. The summed E-state index contributed by atoms with van der Waals surface area (Å²) >= 11 is 0. The molecule has 0 bridgehead atoms. The Bertz CT molecular complexity index is 185. The quantitative estimate of drug-likeness (QED) is 0.519. The minimum Gasteiger partial charge on any atom is -0.316 e. The maximum absolute atomic E-state index is 5.80. The lowest BCUT2D eigenvalue weighted by molar-refractivity contribution is 0.108. The van der Waals surface area contributed by atoms with Gasteiger partial charge in [-0.25, -0.2) is 0 Å². The summed E-state index contributed by atoms with van der Waals surface area (Å²) in [5.74, 6) is 2.60. The molecule has 1 rings (SSSR count). The summed E-state index contributed by atoms with van der Waals surface area (Å²) in [5, 5.41) is 0. The number of likely N-dealkylation sites (N-methyl/N-ethyl adjacent to an activating group) is 2. The first-order chi connectivity index (χ1) is 5.65. The topological polar surface area (TPSA) is 32.5 Å². The summed E-state index contributed by atoms with van der Waals surface area (Å²) in [7, 11) is 4.18. The molecule has 2 N–H and O–H groups in total. The van der Waals surface area contributed by atoms with Gasteiger partial charge < -0.3 is 10.6 Å². The molecule has 1 aliphatic rings. The van der Waals surface area contributed by atoms with Crippen LogP contribution in [0.4, 0.5) is 0 Å². The standard InChI is InChI=1S/C9H17N3/c1-4-8(10)9-7-11(2)5-6-12(9)3/h1,8-9H,5-7,10H2,2-3H3. The van der Waals surface area contributed by atoms with Crippen molar-refractivity contribution in [1.29, 1.82) is 0 Å². The Morgan fingerprint density at radius 1 is 1.50 bits per heavy atom. The summed E-state index contributed by atoms with van der Waals surface area (Å²) in [5.41, 5.74) is 5.80. The predicted octanol–water partition coefficient (Wildman–Crippen LogP) is -0.807. The average Bonchev–Trinajstić information content (AvgIpc) is 2.08. The van der Waals surface area contributed by atoms with Gasteiger partial charge in [0.2, 0.25) is 0 Å². The van der Waals surface area contributed by atoms with Gasteiger partial charge in [-0.15, -0.1) is 6.42 Å². The molecule has 0 radical (unpaired) electrons. The second kappa shape index (κ2) is 3.90. The van der Waals surface area contributed by atoms with Crippen molar-refractivity contribution in [3.63, 3.8) is 0 Å². The van der Waals surface area contributed by atoms with E-state index in [0.717, 1.165) is 19.6 Å². The van der Waals surface area contributed by atoms with Crippen LogP contribution in [0.5, 0.6) is 0 Å². The monoisotopic (exact) mass is 167 g/mol. The van der Waals surface area contributed by atoms with Crippen LogP contribution in [0.2, 0.25) is 0 Å². The normalized spacial score (nSPS) is 29.7. The van der Waals surface area contributed by atoms with E-state index in [9.17, 15) is 0 Å². The van der Waals surface area contributed by atoms with Crippen molar-refractivity contribution >= 4 is 0 Å². The molecule has 3 heteroatoms.